The Balaban J connectivity index is 3.27. The van der Waals surface area contributed by atoms with E-state index in [1.54, 1.807) is 0 Å². The van der Waals surface area contributed by atoms with Crippen LogP contribution in [-0.2, 0) is 9.22 Å². The maximum atomic E-state index is 10.3. The van der Waals surface area contributed by atoms with Crippen molar-refractivity contribution in [1.29, 1.82) is 0 Å². The molecule has 0 rings (SSSR count). The quantitative estimate of drug-likeness (QED) is 0.365. The fourth-order valence-corrected chi connectivity index (χ4v) is 0.990. The highest BCUT2D eigenvalue weighted by Crippen LogP contribution is 1.98. The van der Waals surface area contributed by atoms with Crippen molar-refractivity contribution in [2.45, 2.75) is 4.46 Å². The van der Waals surface area contributed by atoms with E-state index in [0.717, 1.165) is 6.08 Å². The summed E-state index contributed by atoms with van der Waals surface area (Å²) in [6.45, 7) is 3.20. The van der Waals surface area contributed by atoms with Gasteiger partial charge in [-0.15, -0.1) is 23.2 Å². The Morgan fingerprint density at radius 1 is 1.78 bits per heavy atom. The smallest absolute Gasteiger partial charge is 0.316 e. The monoisotopic (exact) mass is 184 g/mol. The second-order valence-electron chi connectivity index (χ2n) is 1.23. The zero-order chi connectivity index (χ0) is 7.28. The number of alkyl halides is 2. The molecule has 0 atom stereocenters. The number of halogens is 2. The van der Waals surface area contributed by atoms with Crippen LogP contribution in [-0.4, -0.2) is 20.2 Å². The molecule has 0 saturated heterocycles. The summed E-state index contributed by atoms with van der Waals surface area (Å²) >= 11 is 10.6. The molecule has 0 N–H and O–H groups in total. The first kappa shape index (κ1) is 9.01. The number of carbonyl (C=O) groups excluding carboxylic acids is 1. The number of carbonyl (C=O) groups is 1. The number of rotatable bonds is 3. The second kappa shape index (κ2) is 4.85. The van der Waals surface area contributed by atoms with Crippen LogP contribution >= 0.6 is 23.2 Å². The van der Waals surface area contributed by atoms with Crippen molar-refractivity contribution in [2.75, 3.05) is 0 Å². The largest absolute Gasteiger partial charge is 0.519 e. The minimum Gasteiger partial charge on any atom is -0.519 e. The Morgan fingerprint density at radius 2 is 2.33 bits per heavy atom. The predicted molar refractivity (Wildman–Crippen MR) is 40.3 cm³/mol. The third-order valence-corrected chi connectivity index (χ3v) is 1.98. The van der Waals surface area contributed by atoms with Gasteiger partial charge in [0.05, 0.1) is 0 Å². The lowest BCUT2D eigenvalue weighted by atomic mass is 10.7. The summed E-state index contributed by atoms with van der Waals surface area (Å²) in [5.74, 6) is -0.451. The first-order valence-electron chi connectivity index (χ1n) is 2.24. The van der Waals surface area contributed by atoms with E-state index in [2.05, 4.69) is 11.0 Å². The van der Waals surface area contributed by atoms with Gasteiger partial charge in [0.15, 0.2) is 0 Å². The summed E-state index contributed by atoms with van der Waals surface area (Å²) in [7, 11) is -1.10. The van der Waals surface area contributed by atoms with Crippen LogP contribution < -0.4 is 0 Å². The molecular formula is C4H6Cl2O2Si. The third-order valence-electron chi connectivity index (χ3n) is 0.518. The average molecular weight is 185 g/mol. The molecule has 0 aliphatic rings. The highest BCUT2D eigenvalue weighted by atomic mass is 35.5. The van der Waals surface area contributed by atoms with E-state index in [0.29, 0.717) is 0 Å². The van der Waals surface area contributed by atoms with Crippen molar-refractivity contribution in [3.05, 3.63) is 12.7 Å². The van der Waals surface area contributed by atoms with E-state index in [1.165, 1.54) is 0 Å². The van der Waals surface area contributed by atoms with E-state index < -0.39 is 20.2 Å². The number of hydrogen-bond acceptors (Lipinski definition) is 2. The van der Waals surface area contributed by atoms with Gasteiger partial charge in [0.1, 0.15) is 4.46 Å². The van der Waals surface area contributed by atoms with Crippen LogP contribution in [0.2, 0.25) is 0 Å². The highest BCUT2D eigenvalue weighted by Gasteiger charge is 2.02. The zero-order valence-electron chi connectivity index (χ0n) is 4.64. The van der Waals surface area contributed by atoms with Crippen LogP contribution in [0, 0.1) is 0 Å². The van der Waals surface area contributed by atoms with Gasteiger partial charge in [-0.3, -0.25) is 0 Å². The molecular weight excluding hydrogens is 179 g/mol. The molecule has 0 saturated carbocycles. The van der Waals surface area contributed by atoms with Crippen LogP contribution in [0.15, 0.2) is 12.7 Å². The first-order chi connectivity index (χ1) is 4.16. The van der Waals surface area contributed by atoms with E-state index in [-0.39, 0.29) is 0 Å². The van der Waals surface area contributed by atoms with Gasteiger partial charge in [0, 0.05) is 6.08 Å². The Hall–Kier alpha value is 0.00688. The van der Waals surface area contributed by atoms with Crippen molar-refractivity contribution >= 4 is 38.9 Å². The third kappa shape index (κ3) is 5.88. The van der Waals surface area contributed by atoms with Crippen LogP contribution in [0.1, 0.15) is 0 Å². The topological polar surface area (TPSA) is 26.3 Å². The number of hydrogen-bond donors (Lipinski definition) is 0. The van der Waals surface area contributed by atoms with Crippen LogP contribution in [0.4, 0.5) is 0 Å². The molecule has 0 bridgehead atoms. The van der Waals surface area contributed by atoms with E-state index >= 15 is 0 Å². The zero-order valence-corrected chi connectivity index (χ0v) is 7.57. The fourth-order valence-electron chi connectivity index (χ4n) is 0.204. The summed E-state index contributed by atoms with van der Waals surface area (Å²) in [5, 5.41) is 0. The second-order valence-corrected chi connectivity index (χ2v) is 4.98. The molecule has 0 aromatic heterocycles. The Bertz CT molecular complexity index is 115. The van der Waals surface area contributed by atoms with E-state index in [4.69, 9.17) is 23.2 Å². The summed E-state index contributed by atoms with van der Waals surface area (Å²) in [4.78, 5) is 10.3. The van der Waals surface area contributed by atoms with E-state index in [9.17, 15) is 4.79 Å². The minimum absolute atomic E-state index is 0.451. The minimum atomic E-state index is -1.10. The molecule has 0 aromatic carbocycles. The lowest BCUT2D eigenvalue weighted by Gasteiger charge is -1.99. The Kier molecular flexibility index (Phi) is 4.85. The molecule has 2 nitrogen and oxygen atoms in total. The predicted octanol–water partition coefficient (Wildman–Crippen LogP) is 0.561. The van der Waals surface area contributed by atoms with Crippen LogP contribution in [0.5, 0.6) is 0 Å². The molecule has 0 unspecified atom stereocenters. The molecule has 0 heterocycles. The molecule has 0 amide bonds. The van der Waals surface area contributed by atoms with Crippen molar-refractivity contribution in [3.8, 4) is 0 Å². The molecule has 0 aliphatic heterocycles. The van der Waals surface area contributed by atoms with Crippen molar-refractivity contribution in [1.82, 2.24) is 0 Å². The lowest BCUT2D eigenvalue weighted by Crippen LogP contribution is -2.11. The summed E-state index contributed by atoms with van der Waals surface area (Å²) in [5.41, 5.74) is 0. The summed E-state index contributed by atoms with van der Waals surface area (Å²) in [6.07, 6.45) is 1.09. The molecule has 0 fully saturated rings. The summed E-state index contributed by atoms with van der Waals surface area (Å²) < 4.78 is 4.05. The SMILES string of the molecule is C=CC(=O)O[SiH2]C(Cl)Cl. The standard InChI is InChI=1S/C4H6Cl2O2Si/c1-2-3(7)8-9-4(5)6/h2,4H,1,9H2. The molecule has 5 heteroatoms. The van der Waals surface area contributed by atoms with Crippen molar-refractivity contribution in [3.63, 3.8) is 0 Å². The molecule has 0 aliphatic carbocycles. The van der Waals surface area contributed by atoms with Gasteiger partial charge in [-0.1, -0.05) is 6.58 Å². The van der Waals surface area contributed by atoms with Gasteiger partial charge in [0.2, 0.25) is 0 Å². The van der Waals surface area contributed by atoms with Gasteiger partial charge in [-0.05, 0) is 0 Å². The lowest BCUT2D eigenvalue weighted by molar-refractivity contribution is -0.128. The highest BCUT2D eigenvalue weighted by molar-refractivity contribution is 6.66. The van der Waals surface area contributed by atoms with Gasteiger partial charge >= 0.3 is 5.97 Å². The molecule has 52 valence electrons. The normalized spacial score (nSPS) is 10.6. The van der Waals surface area contributed by atoms with Gasteiger partial charge in [-0.2, -0.15) is 0 Å². The van der Waals surface area contributed by atoms with Gasteiger partial charge < -0.3 is 4.43 Å². The van der Waals surface area contributed by atoms with Crippen molar-refractivity contribution < 1.29 is 9.22 Å². The fraction of sp³-hybridized carbons (Fsp3) is 0.250. The Labute approximate surface area is 65.7 Å². The van der Waals surface area contributed by atoms with Crippen molar-refractivity contribution in [2.24, 2.45) is 0 Å². The molecule has 0 spiro atoms. The summed E-state index contributed by atoms with van der Waals surface area (Å²) in [6, 6.07) is 0. The molecule has 9 heavy (non-hydrogen) atoms. The van der Waals surface area contributed by atoms with Crippen LogP contribution in [0.25, 0.3) is 0 Å². The maximum absolute atomic E-state index is 10.3. The first-order valence-corrected chi connectivity index (χ1v) is 4.51. The average Bonchev–Trinajstić information content (AvgIpc) is 1.83. The van der Waals surface area contributed by atoms with E-state index in [1.807, 2.05) is 0 Å². The van der Waals surface area contributed by atoms with Gasteiger partial charge in [-0.25, -0.2) is 4.79 Å². The maximum Gasteiger partial charge on any atom is 0.316 e. The Morgan fingerprint density at radius 3 is 2.67 bits per heavy atom. The molecule has 0 aromatic rings. The molecule has 0 radical (unpaired) electrons. The van der Waals surface area contributed by atoms with Gasteiger partial charge in [0.25, 0.3) is 9.76 Å². The van der Waals surface area contributed by atoms with Crippen LogP contribution in [0.3, 0.4) is 0 Å².